The number of carbonyl (C=O) groups is 1. The number of hydrogen-bond donors (Lipinski definition) is 1. The molecule has 24 heavy (non-hydrogen) atoms. The average molecular weight is 322 g/mol. The van der Waals surface area contributed by atoms with Crippen LogP contribution in [-0.2, 0) is 9.63 Å². The highest BCUT2D eigenvalue weighted by molar-refractivity contribution is 5.93. The first-order valence-corrected chi connectivity index (χ1v) is 7.32. The quantitative estimate of drug-likeness (QED) is 0.655. The lowest BCUT2D eigenvalue weighted by molar-refractivity contribution is -0.120. The highest BCUT2D eigenvalue weighted by atomic mass is 16.6. The van der Waals surface area contributed by atoms with Gasteiger partial charge in [-0.1, -0.05) is 29.4 Å². The van der Waals surface area contributed by atoms with Gasteiger partial charge in [-0.25, -0.2) is 0 Å². The van der Waals surface area contributed by atoms with Crippen LogP contribution in [-0.4, -0.2) is 32.8 Å². The third-order valence-electron chi connectivity index (χ3n) is 3.20. The number of nitrogens with zero attached hydrogens (tertiary/aromatic N) is 3. The molecular weight excluding hydrogens is 304 g/mol. The Bertz CT molecular complexity index is 761. The topological polar surface area (TPSA) is 77.7 Å². The summed E-state index contributed by atoms with van der Waals surface area (Å²) in [4.78, 5) is 18.8. The number of anilines is 2. The van der Waals surface area contributed by atoms with Gasteiger partial charge in [-0.2, -0.15) is 5.26 Å². The summed E-state index contributed by atoms with van der Waals surface area (Å²) in [6, 6.07) is 16.5. The van der Waals surface area contributed by atoms with Gasteiger partial charge < -0.3 is 15.1 Å². The van der Waals surface area contributed by atoms with Crippen LogP contribution in [0.5, 0.6) is 0 Å². The second kappa shape index (κ2) is 8.34. The van der Waals surface area contributed by atoms with E-state index in [0.717, 1.165) is 11.3 Å². The van der Waals surface area contributed by atoms with Crippen molar-refractivity contribution in [3.8, 4) is 6.07 Å². The van der Waals surface area contributed by atoms with Crippen LogP contribution in [0.4, 0.5) is 11.4 Å². The molecule has 1 N–H and O–H groups in total. The highest BCUT2D eigenvalue weighted by Gasteiger charge is 2.06. The van der Waals surface area contributed by atoms with E-state index in [-0.39, 0.29) is 12.5 Å². The fraction of sp³-hybridized carbons (Fsp3) is 0.167. The van der Waals surface area contributed by atoms with Crippen LogP contribution >= 0.6 is 0 Å². The molecule has 0 aliphatic rings. The van der Waals surface area contributed by atoms with E-state index in [0.29, 0.717) is 11.3 Å². The van der Waals surface area contributed by atoms with Crippen molar-refractivity contribution in [3.05, 3.63) is 59.7 Å². The number of para-hydroxylation sites is 1. The molecule has 0 bridgehead atoms. The van der Waals surface area contributed by atoms with E-state index < -0.39 is 0 Å². The molecule has 2 rings (SSSR count). The maximum absolute atomic E-state index is 11.8. The lowest BCUT2D eigenvalue weighted by atomic mass is 10.2. The molecule has 0 unspecified atom stereocenters. The molecule has 0 aliphatic carbocycles. The van der Waals surface area contributed by atoms with E-state index in [2.05, 4.69) is 10.5 Å². The summed E-state index contributed by atoms with van der Waals surface area (Å²) < 4.78 is 0. The lowest BCUT2D eigenvalue weighted by Gasteiger charge is -2.11. The van der Waals surface area contributed by atoms with Crippen molar-refractivity contribution < 1.29 is 9.63 Å². The number of rotatable bonds is 6. The van der Waals surface area contributed by atoms with Crippen molar-refractivity contribution >= 4 is 23.5 Å². The van der Waals surface area contributed by atoms with Crippen LogP contribution < -0.4 is 10.2 Å². The Morgan fingerprint density at radius 1 is 1.25 bits per heavy atom. The van der Waals surface area contributed by atoms with Crippen LogP contribution in [0, 0.1) is 11.3 Å². The maximum Gasteiger partial charge on any atom is 0.265 e. The SMILES string of the molecule is CN(C)c1ccc(/C=N\OCC(=O)Nc2ccccc2C#N)cc1. The molecule has 0 saturated carbocycles. The zero-order valence-corrected chi connectivity index (χ0v) is 13.6. The molecule has 0 spiro atoms. The molecule has 122 valence electrons. The summed E-state index contributed by atoms with van der Waals surface area (Å²) in [6.07, 6.45) is 1.54. The molecule has 0 heterocycles. The fourth-order valence-electron chi connectivity index (χ4n) is 1.93. The molecular formula is C18H18N4O2. The lowest BCUT2D eigenvalue weighted by Crippen LogP contribution is -2.17. The molecule has 0 aromatic heterocycles. The first-order valence-electron chi connectivity index (χ1n) is 7.32. The number of amides is 1. The fourth-order valence-corrected chi connectivity index (χ4v) is 1.93. The minimum atomic E-state index is -0.377. The van der Waals surface area contributed by atoms with Crippen molar-refractivity contribution in [2.24, 2.45) is 5.16 Å². The summed E-state index contributed by atoms with van der Waals surface area (Å²) in [5.41, 5.74) is 2.81. The van der Waals surface area contributed by atoms with Gasteiger partial charge in [0.05, 0.1) is 17.5 Å². The summed E-state index contributed by atoms with van der Waals surface area (Å²) in [7, 11) is 3.94. The number of carbonyl (C=O) groups excluding carboxylic acids is 1. The zero-order valence-electron chi connectivity index (χ0n) is 13.6. The van der Waals surface area contributed by atoms with Crippen LogP contribution in [0.2, 0.25) is 0 Å². The van der Waals surface area contributed by atoms with E-state index in [1.54, 1.807) is 24.3 Å². The van der Waals surface area contributed by atoms with Crippen molar-refractivity contribution in [1.82, 2.24) is 0 Å². The third-order valence-corrected chi connectivity index (χ3v) is 3.20. The van der Waals surface area contributed by atoms with Gasteiger partial charge in [0.25, 0.3) is 5.91 Å². The van der Waals surface area contributed by atoms with Gasteiger partial charge in [-0.3, -0.25) is 4.79 Å². The molecule has 0 saturated heterocycles. The van der Waals surface area contributed by atoms with Crippen LogP contribution in [0.1, 0.15) is 11.1 Å². The predicted octanol–water partition coefficient (Wildman–Crippen LogP) is 2.61. The van der Waals surface area contributed by atoms with Crippen molar-refractivity contribution in [2.45, 2.75) is 0 Å². The minimum Gasteiger partial charge on any atom is -0.386 e. The summed E-state index contributed by atoms with van der Waals surface area (Å²) in [5, 5.41) is 15.4. The molecule has 6 heteroatoms. The van der Waals surface area contributed by atoms with Crippen molar-refractivity contribution in [2.75, 3.05) is 30.9 Å². The van der Waals surface area contributed by atoms with Gasteiger partial charge in [0.1, 0.15) is 6.07 Å². The van der Waals surface area contributed by atoms with Gasteiger partial charge in [0.15, 0.2) is 6.61 Å². The highest BCUT2D eigenvalue weighted by Crippen LogP contribution is 2.13. The number of oxime groups is 1. The molecule has 6 nitrogen and oxygen atoms in total. The minimum absolute atomic E-state index is 0.230. The summed E-state index contributed by atoms with van der Waals surface area (Å²) >= 11 is 0. The number of nitrogens with one attached hydrogen (secondary N) is 1. The summed E-state index contributed by atoms with van der Waals surface area (Å²) in [5.74, 6) is -0.377. The van der Waals surface area contributed by atoms with Crippen LogP contribution in [0.15, 0.2) is 53.7 Å². The number of benzene rings is 2. The van der Waals surface area contributed by atoms with E-state index in [1.807, 2.05) is 49.3 Å². The van der Waals surface area contributed by atoms with Gasteiger partial charge >= 0.3 is 0 Å². The Morgan fingerprint density at radius 3 is 2.62 bits per heavy atom. The van der Waals surface area contributed by atoms with E-state index >= 15 is 0 Å². The van der Waals surface area contributed by atoms with Crippen LogP contribution in [0.25, 0.3) is 0 Å². The third kappa shape index (κ3) is 4.85. The Balaban J connectivity index is 1.83. The van der Waals surface area contributed by atoms with Gasteiger partial charge in [-0.05, 0) is 29.8 Å². The molecule has 0 fully saturated rings. The largest absolute Gasteiger partial charge is 0.386 e. The Morgan fingerprint density at radius 2 is 1.96 bits per heavy atom. The zero-order chi connectivity index (χ0) is 17.4. The smallest absolute Gasteiger partial charge is 0.265 e. The molecule has 1 amide bonds. The standard InChI is InChI=1S/C18H18N4O2/c1-22(2)16-9-7-14(8-10-16)12-20-24-13-18(23)21-17-6-4-3-5-15(17)11-19/h3-10,12H,13H2,1-2H3,(H,21,23)/b20-12-. The normalized spacial score (nSPS) is 10.2. The second-order valence-corrected chi connectivity index (χ2v) is 5.20. The van der Waals surface area contributed by atoms with Gasteiger partial charge in [0.2, 0.25) is 0 Å². The first-order chi connectivity index (χ1) is 11.6. The Labute approximate surface area is 141 Å². The number of nitriles is 1. The molecule has 0 radical (unpaired) electrons. The van der Waals surface area contributed by atoms with Crippen LogP contribution in [0.3, 0.4) is 0 Å². The van der Waals surface area contributed by atoms with Gasteiger partial charge in [0, 0.05) is 19.8 Å². The Hall–Kier alpha value is -3.33. The van der Waals surface area contributed by atoms with Crippen molar-refractivity contribution in [3.63, 3.8) is 0 Å². The van der Waals surface area contributed by atoms with E-state index in [9.17, 15) is 4.79 Å². The predicted molar refractivity (Wildman–Crippen MR) is 94.1 cm³/mol. The molecule has 0 atom stereocenters. The molecule has 2 aromatic rings. The first kappa shape index (κ1) is 17.0. The monoisotopic (exact) mass is 322 g/mol. The average Bonchev–Trinajstić information content (AvgIpc) is 2.59. The number of hydrogen-bond acceptors (Lipinski definition) is 5. The maximum atomic E-state index is 11.8. The molecule has 0 aliphatic heterocycles. The van der Waals surface area contributed by atoms with Crippen molar-refractivity contribution in [1.29, 1.82) is 5.26 Å². The van der Waals surface area contributed by atoms with E-state index in [4.69, 9.17) is 10.1 Å². The second-order valence-electron chi connectivity index (χ2n) is 5.20. The van der Waals surface area contributed by atoms with E-state index in [1.165, 1.54) is 6.21 Å². The Kier molecular flexibility index (Phi) is 5.92. The van der Waals surface area contributed by atoms with Gasteiger partial charge in [-0.15, -0.1) is 0 Å². The molecule has 2 aromatic carbocycles. The summed E-state index contributed by atoms with van der Waals surface area (Å²) in [6.45, 7) is -0.230.